The molecule has 1 heterocycles. The molecule has 6 nitrogen and oxygen atoms in total. The van der Waals surface area contributed by atoms with Crippen LogP contribution in [0.2, 0.25) is 0 Å². The summed E-state index contributed by atoms with van der Waals surface area (Å²) in [6.07, 6.45) is 4.64. The summed E-state index contributed by atoms with van der Waals surface area (Å²) >= 11 is 0. The van der Waals surface area contributed by atoms with Gasteiger partial charge in [0.2, 0.25) is 5.91 Å². The molecule has 7 heteroatoms. The second-order valence-electron chi connectivity index (χ2n) is 11.0. The topological polar surface area (TPSA) is 73.4 Å². The lowest BCUT2D eigenvalue weighted by atomic mass is 9.84. The number of hydrogen-bond donors (Lipinski definition) is 1. The van der Waals surface area contributed by atoms with Crippen molar-refractivity contribution in [2.45, 2.75) is 58.2 Å². The first-order valence-electron chi connectivity index (χ1n) is 12.5. The van der Waals surface area contributed by atoms with Gasteiger partial charge >= 0.3 is 0 Å². The quantitative estimate of drug-likeness (QED) is 0.423. The van der Waals surface area contributed by atoms with E-state index >= 15 is 0 Å². The minimum atomic E-state index is -0.340. The molecule has 0 aliphatic heterocycles. The third-order valence-electron chi connectivity index (χ3n) is 6.83. The molecule has 0 radical (unpaired) electrons. The summed E-state index contributed by atoms with van der Waals surface area (Å²) in [5, 5.41) is 0. The molecule has 192 valence electrons. The van der Waals surface area contributed by atoms with Crippen LogP contribution in [0, 0.1) is 11.2 Å². The van der Waals surface area contributed by atoms with Gasteiger partial charge in [0.15, 0.2) is 0 Å². The lowest BCUT2D eigenvalue weighted by Gasteiger charge is -2.40. The van der Waals surface area contributed by atoms with E-state index in [9.17, 15) is 9.18 Å². The predicted molar refractivity (Wildman–Crippen MR) is 140 cm³/mol. The zero-order valence-electron chi connectivity index (χ0n) is 21.7. The molecular formula is C29H37FN4O2. The number of rotatable bonds is 10. The number of aromatic nitrogens is 2. The minimum absolute atomic E-state index is 0.0136. The van der Waals surface area contributed by atoms with Crippen LogP contribution < -0.4 is 5.73 Å². The molecule has 36 heavy (non-hydrogen) atoms. The number of carbonyl (C=O) groups is 1. The molecule has 3 aromatic rings. The SMILES string of the molecule is COCC(=O)N(CCC1(N)CC1)[C@@H](c1nc(-c2cccc(F)c2)cn1Cc1ccccc1)C(C)(C)C. The first-order valence-corrected chi connectivity index (χ1v) is 12.5. The van der Waals surface area contributed by atoms with Crippen LogP contribution in [0.1, 0.15) is 57.5 Å². The number of amides is 1. The Balaban J connectivity index is 1.81. The van der Waals surface area contributed by atoms with Crippen molar-refractivity contribution in [1.29, 1.82) is 0 Å². The van der Waals surface area contributed by atoms with E-state index in [2.05, 4.69) is 37.5 Å². The highest BCUT2D eigenvalue weighted by molar-refractivity contribution is 5.78. The lowest BCUT2D eigenvalue weighted by Crippen LogP contribution is -2.46. The van der Waals surface area contributed by atoms with Crippen molar-refractivity contribution < 1.29 is 13.9 Å². The zero-order valence-corrected chi connectivity index (χ0v) is 21.7. The van der Waals surface area contributed by atoms with Gasteiger partial charge in [-0.25, -0.2) is 9.37 Å². The van der Waals surface area contributed by atoms with Crippen LogP contribution in [0.3, 0.4) is 0 Å². The fourth-order valence-electron chi connectivity index (χ4n) is 4.69. The molecule has 0 bridgehead atoms. The van der Waals surface area contributed by atoms with Gasteiger partial charge in [0.25, 0.3) is 0 Å². The normalized spacial score (nSPS) is 15.5. The van der Waals surface area contributed by atoms with Crippen molar-refractivity contribution in [2.24, 2.45) is 11.1 Å². The number of methoxy groups -OCH3 is 1. The van der Waals surface area contributed by atoms with Crippen molar-refractivity contribution in [3.8, 4) is 11.3 Å². The fraction of sp³-hybridized carbons (Fsp3) is 0.448. The second-order valence-corrected chi connectivity index (χ2v) is 11.0. The highest BCUT2D eigenvalue weighted by Crippen LogP contribution is 2.41. The van der Waals surface area contributed by atoms with Gasteiger partial charge in [0.05, 0.1) is 11.7 Å². The molecule has 1 aliphatic rings. The average Bonchev–Trinajstić information content (AvgIpc) is 3.43. The van der Waals surface area contributed by atoms with Crippen molar-refractivity contribution >= 4 is 5.91 Å². The largest absolute Gasteiger partial charge is 0.375 e. The Morgan fingerprint density at radius 3 is 2.53 bits per heavy atom. The van der Waals surface area contributed by atoms with Crippen LogP contribution in [0.15, 0.2) is 60.8 Å². The van der Waals surface area contributed by atoms with E-state index in [-0.39, 0.29) is 35.3 Å². The van der Waals surface area contributed by atoms with Crippen molar-refractivity contribution in [2.75, 3.05) is 20.3 Å². The molecule has 0 unspecified atom stereocenters. The fourth-order valence-corrected chi connectivity index (χ4v) is 4.69. The highest BCUT2D eigenvalue weighted by Gasteiger charge is 2.42. The summed E-state index contributed by atoms with van der Waals surface area (Å²) in [7, 11) is 1.53. The van der Waals surface area contributed by atoms with E-state index in [0.29, 0.717) is 24.3 Å². The molecule has 1 saturated carbocycles. The van der Waals surface area contributed by atoms with Crippen LogP contribution in [-0.4, -0.2) is 46.2 Å². The van der Waals surface area contributed by atoms with Crippen molar-refractivity contribution in [1.82, 2.24) is 14.5 Å². The molecule has 1 amide bonds. The summed E-state index contributed by atoms with van der Waals surface area (Å²) in [5.41, 5.74) is 8.37. The number of nitrogens with zero attached hydrogens (tertiary/aromatic N) is 3. The standard InChI is InChI=1S/C29H37FN4O2/c1-28(2,3)26(34(25(35)20-36-4)16-15-29(31)13-14-29)27-32-24(22-11-8-12-23(30)17-22)19-33(27)18-21-9-6-5-7-10-21/h5-12,17,19,26H,13-16,18,20,31H2,1-4H3/t26-/m0/s1. The maximum absolute atomic E-state index is 14.1. The smallest absolute Gasteiger partial charge is 0.249 e. The molecule has 1 fully saturated rings. The van der Waals surface area contributed by atoms with Gasteiger partial charge in [-0.1, -0.05) is 63.2 Å². The van der Waals surface area contributed by atoms with Gasteiger partial charge in [-0.2, -0.15) is 0 Å². The Morgan fingerprint density at radius 1 is 1.19 bits per heavy atom. The van der Waals surface area contributed by atoms with Gasteiger partial charge in [-0.05, 0) is 42.4 Å². The summed E-state index contributed by atoms with van der Waals surface area (Å²) < 4.78 is 21.4. The third-order valence-corrected chi connectivity index (χ3v) is 6.83. The number of imidazole rings is 1. The van der Waals surface area contributed by atoms with Gasteiger partial charge in [0.1, 0.15) is 18.2 Å². The minimum Gasteiger partial charge on any atom is -0.375 e. The Labute approximate surface area is 213 Å². The molecule has 1 aliphatic carbocycles. The van der Waals surface area contributed by atoms with Crippen LogP contribution in [0.5, 0.6) is 0 Å². The summed E-state index contributed by atoms with van der Waals surface area (Å²) in [4.78, 5) is 20.3. The van der Waals surface area contributed by atoms with Crippen molar-refractivity contribution in [3.63, 3.8) is 0 Å². The first-order chi connectivity index (χ1) is 17.1. The predicted octanol–water partition coefficient (Wildman–Crippen LogP) is 5.18. The molecule has 4 rings (SSSR count). The highest BCUT2D eigenvalue weighted by atomic mass is 19.1. The third kappa shape index (κ3) is 6.20. The number of ether oxygens (including phenoxy) is 1. The van der Waals surface area contributed by atoms with Gasteiger partial charge in [-0.15, -0.1) is 0 Å². The Hall–Kier alpha value is -3.03. The molecule has 1 atom stereocenters. The first kappa shape index (κ1) is 26.0. The Kier molecular flexibility index (Phi) is 7.62. The lowest BCUT2D eigenvalue weighted by molar-refractivity contribution is -0.140. The molecule has 0 spiro atoms. The number of halogens is 1. The van der Waals surface area contributed by atoms with Crippen LogP contribution in [-0.2, 0) is 16.1 Å². The van der Waals surface area contributed by atoms with E-state index in [1.54, 1.807) is 6.07 Å². The average molecular weight is 493 g/mol. The summed E-state index contributed by atoms with van der Waals surface area (Å²) in [6, 6.07) is 16.2. The van der Waals surface area contributed by atoms with E-state index in [0.717, 1.165) is 30.7 Å². The molecular weight excluding hydrogens is 455 g/mol. The maximum Gasteiger partial charge on any atom is 0.249 e. The molecule has 1 aromatic heterocycles. The van der Waals surface area contributed by atoms with Gasteiger partial charge < -0.3 is 19.9 Å². The van der Waals surface area contributed by atoms with Crippen molar-refractivity contribution in [3.05, 3.63) is 78.0 Å². The van der Waals surface area contributed by atoms with Crippen LogP contribution in [0.4, 0.5) is 4.39 Å². The number of hydrogen-bond acceptors (Lipinski definition) is 4. The second kappa shape index (κ2) is 10.5. The van der Waals surface area contributed by atoms with E-state index in [4.69, 9.17) is 15.5 Å². The van der Waals surface area contributed by atoms with E-state index < -0.39 is 0 Å². The summed E-state index contributed by atoms with van der Waals surface area (Å²) in [6.45, 7) is 7.43. The molecule has 2 aromatic carbocycles. The van der Waals surface area contributed by atoms with Crippen LogP contribution in [0.25, 0.3) is 11.3 Å². The number of carbonyl (C=O) groups excluding carboxylic acids is 1. The maximum atomic E-state index is 14.1. The van der Waals surface area contributed by atoms with Crippen LogP contribution >= 0.6 is 0 Å². The summed E-state index contributed by atoms with van der Waals surface area (Å²) in [5.74, 6) is 0.355. The molecule has 2 N–H and O–H groups in total. The number of nitrogens with two attached hydrogens (primary N) is 1. The Morgan fingerprint density at radius 2 is 1.92 bits per heavy atom. The van der Waals surface area contributed by atoms with Gasteiger partial charge in [0, 0.05) is 37.5 Å². The van der Waals surface area contributed by atoms with Gasteiger partial charge in [-0.3, -0.25) is 4.79 Å². The van der Waals surface area contributed by atoms with E-state index in [1.165, 1.54) is 19.2 Å². The zero-order chi connectivity index (χ0) is 25.9. The van der Waals surface area contributed by atoms with E-state index in [1.807, 2.05) is 35.4 Å². The monoisotopic (exact) mass is 492 g/mol. The Bertz CT molecular complexity index is 1180. The number of benzene rings is 2. The molecule has 0 saturated heterocycles.